The Morgan fingerprint density at radius 3 is 2.50 bits per heavy atom. The smallest absolute Gasteiger partial charge is 0.171 e. The average Bonchev–Trinajstić information content (AvgIpc) is 2.47. The van der Waals surface area contributed by atoms with Gasteiger partial charge in [0.1, 0.15) is 6.10 Å². The van der Waals surface area contributed by atoms with Crippen molar-refractivity contribution in [3.63, 3.8) is 0 Å². The first-order chi connectivity index (χ1) is 6.32. The minimum atomic E-state index is -0.994. The summed E-state index contributed by atoms with van der Waals surface area (Å²) in [5.41, 5.74) is -0.504. The molecule has 0 saturated heterocycles. The van der Waals surface area contributed by atoms with Crippen LogP contribution < -0.4 is 0 Å². The number of ketones is 1. The van der Waals surface area contributed by atoms with Gasteiger partial charge in [0.05, 0.1) is 0 Å². The normalized spacial score (nSPS) is 14.1. The lowest BCUT2D eigenvalue weighted by Crippen LogP contribution is -2.26. The van der Waals surface area contributed by atoms with E-state index >= 15 is 0 Å². The number of carbonyl (C=O) groups is 1. The Kier molecular flexibility index (Phi) is 3.50. The molecular formula is C10H13BrO2S. The molecule has 2 nitrogen and oxygen atoms in total. The van der Waals surface area contributed by atoms with Crippen LogP contribution in [0.4, 0.5) is 0 Å². The zero-order chi connectivity index (χ0) is 10.9. The van der Waals surface area contributed by atoms with Crippen molar-refractivity contribution in [1.29, 1.82) is 0 Å². The Morgan fingerprint density at radius 1 is 1.57 bits per heavy atom. The molecule has 0 spiro atoms. The third kappa shape index (κ3) is 2.65. The van der Waals surface area contributed by atoms with Crippen LogP contribution >= 0.6 is 27.3 Å². The molecule has 4 heteroatoms. The van der Waals surface area contributed by atoms with Crippen molar-refractivity contribution in [3.05, 3.63) is 20.8 Å². The Hall–Kier alpha value is -0.190. The molecule has 1 rings (SSSR count). The molecule has 0 bridgehead atoms. The standard InChI is InChI=1S/C10H13BrO2S/c1-10(2,3)9(13)8(12)7-4-6(11)5-14-7/h4-5,8,12H,1-3H3. The van der Waals surface area contributed by atoms with E-state index < -0.39 is 11.5 Å². The van der Waals surface area contributed by atoms with Gasteiger partial charge in [0.2, 0.25) is 0 Å². The molecule has 0 saturated carbocycles. The summed E-state index contributed by atoms with van der Waals surface area (Å²) in [5.74, 6) is -0.146. The molecule has 0 aliphatic carbocycles. The van der Waals surface area contributed by atoms with E-state index in [2.05, 4.69) is 15.9 Å². The quantitative estimate of drug-likeness (QED) is 0.901. The number of carbonyl (C=O) groups excluding carboxylic acids is 1. The maximum absolute atomic E-state index is 11.7. The second-order valence-corrected chi connectivity index (χ2v) is 6.04. The zero-order valence-corrected chi connectivity index (χ0v) is 10.8. The Bertz CT molecular complexity index is 338. The van der Waals surface area contributed by atoms with Crippen LogP contribution in [0.5, 0.6) is 0 Å². The summed E-state index contributed by atoms with van der Waals surface area (Å²) in [6, 6.07) is 1.78. The molecule has 0 aliphatic rings. The van der Waals surface area contributed by atoms with Crippen LogP contribution in [0.15, 0.2) is 15.9 Å². The monoisotopic (exact) mass is 276 g/mol. The van der Waals surface area contributed by atoms with Crippen LogP contribution in [0.2, 0.25) is 0 Å². The molecule has 1 heterocycles. The number of rotatable bonds is 2. The van der Waals surface area contributed by atoms with Gasteiger partial charge in [-0.2, -0.15) is 0 Å². The number of halogens is 1. The van der Waals surface area contributed by atoms with E-state index in [1.165, 1.54) is 11.3 Å². The molecule has 0 aliphatic heterocycles. The highest BCUT2D eigenvalue weighted by atomic mass is 79.9. The van der Waals surface area contributed by atoms with Gasteiger partial charge in [-0.3, -0.25) is 4.79 Å². The highest BCUT2D eigenvalue weighted by Gasteiger charge is 2.29. The first kappa shape index (κ1) is 11.9. The van der Waals surface area contributed by atoms with Crippen LogP contribution in [0.1, 0.15) is 31.8 Å². The first-order valence-corrected chi connectivity index (χ1v) is 5.96. The van der Waals surface area contributed by atoms with Crippen LogP contribution in [0.25, 0.3) is 0 Å². The molecule has 78 valence electrons. The van der Waals surface area contributed by atoms with Crippen LogP contribution in [-0.2, 0) is 4.79 Å². The first-order valence-electron chi connectivity index (χ1n) is 4.28. The predicted molar refractivity (Wildman–Crippen MR) is 61.4 cm³/mol. The van der Waals surface area contributed by atoms with Crippen molar-refractivity contribution in [2.24, 2.45) is 5.41 Å². The lowest BCUT2D eigenvalue weighted by molar-refractivity contribution is -0.135. The van der Waals surface area contributed by atoms with Crippen molar-refractivity contribution in [1.82, 2.24) is 0 Å². The Labute approximate surface area is 96.1 Å². The molecule has 14 heavy (non-hydrogen) atoms. The van der Waals surface area contributed by atoms with E-state index in [1.54, 1.807) is 26.8 Å². The molecule has 1 atom stereocenters. The lowest BCUT2D eigenvalue weighted by atomic mass is 9.87. The zero-order valence-electron chi connectivity index (χ0n) is 8.37. The largest absolute Gasteiger partial charge is 0.380 e. The molecule has 0 radical (unpaired) electrons. The SMILES string of the molecule is CC(C)(C)C(=O)C(O)c1cc(Br)cs1. The minimum Gasteiger partial charge on any atom is -0.380 e. The number of Topliss-reactive ketones (excluding diaryl/α,β-unsaturated/α-hetero) is 1. The number of aliphatic hydroxyl groups is 1. The van der Waals surface area contributed by atoms with Gasteiger partial charge in [-0.05, 0) is 22.0 Å². The maximum atomic E-state index is 11.7. The highest BCUT2D eigenvalue weighted by Crippen LogP contribution is 2.30. The van der Waals surface area contributed by atoms with E-state index in [-0.39, 0.29) is 5.78 Å². The summed E-state index contributed by atoms with van der Waals surface area (Å²) < 4.78 is 0.901. The summed E-state index contributed by atoms with van der Waals surface area (Å²) in [4.78, 5) is 12.4. The second kappa shape index (κ2) is 4.13. The molecule has 0 aromatic carbocycles. The fraction of sp³-hybridized carbons (Fsp3) is 0.500. The lowest BCUT2D eigenvalue weighted by Gasteiger charge is -2.19. The second-order valence-electron chi connectivity index (χ2n) is 4.18. The summed E-state index contributed by atoms with van der Waals surface area (Å²) in [6.45, 7) is 5.42. The van der Waals surface area contributed by atoms with E-state index in [4.69, 9.17) is 0 Å². The fourth-order valence-corrected chi connectivity index (χ4v) is 2.44. The van der Waals surface area contributed by atoms with Crippen molar-refractivity contribution in [2.75, 3.05) is 0 Å². The van der Waals surface area contributed by atoms with E-state index in [9.17, 15) is 9.90 Å². The summed E-state index contributed by atoms with van der Waals surface area (Å²) in [7, 11) is 0. The summed E-state index contributed by atoms with van der Waals surface area (Å²) >= 11 is 4.67. The molecule has 1 N–H and O–H groups in total. The van der Waals surface area contributed by atoms with Gasteiger partial charge in [0.15, 0.2) is 5.78 Å². The Morgan fingerprint density at radius 2 is 2.14 bits per heavy atom. The highest BCUT2D eigenvalue weighted by molar-refractivity contribution is 9.10. The minimum absolute atomic E-state index is 0.146. The van der Waals surface area contributed by atoms with Crippen molar-refractivity contribution < 1.29 is 9.90 Å². The van der Waals surface area contributed by atoms with Crippen LogP contribution in [0.3, 0.4) is 0 Å². The van der Waals surface area contributed by atoms with Gasteiger partial charge >= 0.3 is 0 Å². The van der Waals surface area contributed by atoms with Crippen LogP contribution in [0, 0.1) is 5.41 Å². The molecule has 1 aromatic rings. The van der Waals surface area contributed by atoms with Gasteiger partial charge in [0, 0.05) is 20.1 Å². The fourth-order valence-electron chi connectivity index (χ4n) is 1.01. The van der Waals surface area contributed by atoms with Crippen LogP contribution in [-0.4, -0.2) is 10.9 Å². The van der Waals surface area contributed by atoms with Gasteiger partial charge in [-0.1, -0.05) is 20.8 Å². The summed E-state index contributed by atoms with van der Waals surface area (Å²) in [5, 5.41) is 11.6. The predicted octanol–water partition coefficient (Wildman–Crippen LogP) is 3.16. The van der Waals surface area contributed by atoms with E-state index in [0.29, 0.717) is 4.88 Å². The molecule has 0 amide bonds. The number of thiophene rings is 1. The van der Waals surface area contributed by atoms with Gasteiger partial charge in [-0.25, -0.2) is 0 Å². The van der Waals surface area contributed by atoms with Crippen molar-refractivity contribution in [3.8, 4) is 0 Å². The molecule has 1 aromatic heterocycles. The molecule has 1 unspecified atom stereocenters. The molecule has 0 fully saturated rings. The van der Waals surface area contributed by atoms with E-state index in [1.807, 2.05) is 5.38 Å². The Balaban J connectivity index is 2.86. The van der Waals surface area contributed by atoms with Gasteiger partial charge in [0.25, 0.3) is 0 Å². The number of aliphatic hydroxyl groups excluding tert-OH is 1. The maximum Gasteiger partial charge on any atom is 0.171 e. The molecular weight excluding hydrogens is 264 g/mol. The number of hydrogen-bond donors (Lipinski definition) is 1. The average molecular weight is 277 g/mol. The van der Waals surface area contributed by atoms with Crippen molar-refractivity contribution in [2.45, 2.75) is 26.9 Å². The topological polar surface area (TPSA) is 37.3 Å². The van der Waals surface area contributed by atoms with Gasteiger partial charge in [-0.15, -0.1) is 11.3 Å². The number of hydrogen-bond acceptors (Lipinski definition) is 3. The van der Waals surface area contributed by atoms with E-state index in [0.717, 1.165) is 4.47 Å². The summed E-state index contributed by atoms with van der Waals surface area (Å²) in [6.07, 6.45) is -0.994. The third-order valence-electron chi connectivity index (χ3n) is 1.84. The van der Waals surface area contributed by atoms with Gasteiger partial charge < -0.3 is 5.11 Å². The van der Waals surface area contributed by atoms with Crippen molar-refractivity contribution >= 4 is 33.0 Å². The third-order valence-corrected chi connectivity index (χ3v) is 3.59.